The summed E-state index contributed by atoms with van der Waals surface area (Å²) in [4.78, 5) is 11.0. The van der Waals surface area contributed by atoms with Gasteiger partial charge in [0, 0.05) is 0 Å². The van der Waals surface area contributed by atoms with Gasteiger partial charge in [-0.15, -0.1) is 8.78 Å². The zero-order valence-corrected chi connectivity index (χ0v) is 12.1. The summed E-state index contributed by atoms with van der Waals surface area (Å²) in [6.07, 6.45) is -33.2. The number of esters is 1. The molecular formula is C10H9F11O4. The maximum absolute atomic E-state index is 12.9. The van der Waals surface area contributed by atoms with Gasteiger partial charge in [-0.3, -0.25) is 4.79 Å². The fourth-order valence-corrected chi connectivity index (χ4v) is 0.892. The van der Waals surface area contributed by atoms with E-state index >= 15 is 0 Å². The molecule has 0 aliphatic carbocycles. The molecule has 0 aromatic heterocycles. The third kappa shape index (κ3) is 6.13. The van der Waals surface area contributed by atoms with Gasteiger partial charge >= 0.3 is 36.8 Å². The van der Waals surface area contributed by atoms with Crippen LogP contribution in [-0.2, 0) is 19.0 Å². The van der Waals surface area contributed by atoms with Gasteiger partial charge in [-0.25, -0.2) is 9.47 Å². The van der Waals surface area contributed by atoms with Gasteiger partial charge < -0.3 is 4.74 Å². The highest BCUT2D eigenvalue weighted by atomic mass is 19.4. The second-order valence-corrected chi connectivity index (χ2v) is 4.45. The van der Waals surface area contributed by atoms with Crippen LogP contribution in [0.5, 0.6) is 0 Å². The number of rotatable bonds is 8. The maximum atomic E-state index is 12.9. The fourth-order valence-electron chi connectivity index (χ4n) is 0.892. The lowest BCUT2D eigenvalue weighted by Crippen LogP contribution is -2.55. The van der Waals surface area contributed by atoms with Crippen LogP contribution in [0.4, 0.5) is 48.3 Å². The number of carbonyl (C=O) groups excluding carboxylic acids is 1. The number of hydrogen-bond acceptors (Lipinski definition) is 4. The van der Waals surface area contributed by atoms with Gasteiger partial charge in [0.1, 0.15) is 0 Å². The molecule has 4 nitrogen and oxygen atoms in total. The molecule has 0 aliphatic rings. The molecule has 1 atom stereocenters. The van der Waals surface area contributed by atoms with Gasteiger partial charge in [0.05, 0.1) is 5.92 Å². The highest BCUT2D eigenvalue weighted by molar-refractivity contribution is 5.72. The van der Waals surface area contributed by atoms with Crippen LogP contribution < -0.4 is 0 Å². The summed E-state index contributed by atoms with van der Waals surface area (Å²) in [6.45, 7) is 2.24. The third-order valence-corrected chi connectivity index (χ3v) is 2.41. The third-order valence-electron chi connectivity index (χ3n) is 2.41. The minimum Gasteiger partial charge on any atom is -0.376 e. The van der Waals surface area contributed by atoms with Crippen molar-refractivity contribution >= 4 is 5.97 Å². The second kappa shape index (κ2) is 7.09. The van der Waals surface area contributed by atoms with E-state index in [9.17, 15) is 53.1 Å². The molecule has 0 aromatic rings. The van der Waals surface area contributed by atoms with Crippen LogP contribution in [0.25, 0.3) is 0 Å². The number of halogens is 11. The van der Waals surface area contributed by atoms with Crippen molar-refractivity contribution in [3.63, 3.8) is 0 Å². The molecule has 0 rings (SSSR count). The molecule has 1 unspecified atom stereocenters. The van der Waals surface area contributed by atoms with E-state index in [0.717, 1.165) is 6.92 Å². The monoisotopic (exact) mass is 402 g/mol. The number of alkyl halides is 11. The summed E-state index contributed by atoms with van der Waals surface area (Å²) in [7, 11) is 0. The van der Waals surface area contributed by atoms with Gasteiger partial charge in [0.2, 0.25) is 0 Å². The molecule has 0 saturated carbocycles. The standard InChI is InChI=1S/C10H9F11O4/c1-3-4(2)5(22)23-10(20,21)25-9(18,19)8(16,17)24-7(14,15)6(11,12)13/h4H,3H2,1-2H3. The molecule has 0 fully saturated rings. The largest absolute Gasteiger partial charge is 0.542 e. The smallest absolute Gasteiger partial charge is 0.376 e. The zero-order chi connectivity index (χ0) is 20.5. The first kappa shape index (κ1) is 23.6. The van der Waals surface area contributed by atoms with Crippen LogP contribution in [0.2, 0.25) is 0 Å². The van der Waals surface area contributed by atoms with Gasteiger partial charge in [-0.05, 0) is 6.42 Å². The summed E-state index contributed by atoms with van der Waals surface area (Å²) in [5.74, 6) is -3.22. The van der Waals surface area contributed by atoms with Crippen molar-refractivity contribution in [2.24, 2.45) is 5.92 Å². The first-order valence-corrected chi connectivity index (χ1v) is 5.99. The average Bonchev–Trinajstić information content (AvgIpc) is 2.32. The molecule has 0 bridgehead atoms. The van der Waals surface area contributed by atoms with Gasteiger partial charge in [0.25, 0.3) is 0 Å². The highest BCUT2D eigenvalue weighted by Gasteiger charge is 2.73. The van der Waals surface area contributed by atoms with E-state index in [-0.39, 0.29) is 6.42 Å². The molecule has 15 heteroatoms. The topological polar surface area (TPSA) is 44.8 Å². The van der Waals surface area contributed by atoms with Crippen molar-refractivity contribution in [3.05, 3.63) is 0 Å². The zero-order valence-electron chi connectivity index (χ0n) is 12.1. The molecule has 0 N–H and O–H groups in total. The van der Waals surface area contributed by atoms with E-state index in [1.807, 2.05) is 0 Å². The Morgan fingerprint density at radius 3 is 1.56 bits per heavy atom. The minimum atomic E-state index is -6.88. The summed E-state index contributed by atoms with van der Waals surface area (Å²) in [5, 5.41) is 0. The van der Waals surface area contributed by atoms with Crippen LogP contribution in [0.3, 0.4) is 0 Å². The Hall–Kier alpha value is -1.38. The van der Waals surface area contributed by atoms with Crippen molar-refractivity contribution in [1.29, 1.82) is 0 Å². The fraction of sp³-hybridized carbons (Fsp3) is 0.900. The molecule has 0 aliphatic heterocycles. The lowest BCUT2D eigenvalue weighted by atomic mass is 10.1. The Balaban J connectivity index is 5.30. The molecule has 0 aromatic carbocycles. The Labute approximate surface area is 131 Å². The van der Waals surface area contributed by atoms with Crippen molar-refractivity contribution in [2.75, 3.05) is 0 Å². The van der Waals surface area contributed by atoms with E-state index in [1.165, 1.54) is 6.92 Å². The van der Waals surface area contributed by atoms with Gasteiger partial charge in [0.15, 0.2) is 0 Å². The van der Waals surface area contributed by atoms with E-state index in [1.54, 1.807) is 4.74 Å². The lowest BCUT2D eigenvalue weighted by molar-refractivity contribution is -0.554. The SMILES string of the molecule is CCC(C)C(=O)OC(F)(F)OC(F)(F)C(F)(F)OC(F)(F)C(F)(F)F. The number of ether oxygens (including phenoxy) is 3. The van der Waals surface area contributed by atoms with Crippen LogP contribution in [-0.4, -0.2) is 36.8 Å². The predicted molar refractivity (Wildman–Crippen MR) is 53.6 cm³/mol. The molecule has 0 spiro atoms. The quantitative estimate of drug-likeness (QED) is 0.341. The summed E-state index contributed by atoms with van der Waals surface area (Å²) < 4.78 is 144. The maximum Gasteiger partial charge on any atom is 0.542 e. The number of hydrogen-bond donors (Lipinski definition) is 0. The van der Waals surface area contributed by atoms with E-state index in [2.05, 4.69) is 9.47 Å². The molecule has 0 heterocycles. The van der Waals surface area contributed by atoms with Gasteiger partial charge in [-0.2, -0.15) is 39.5 Å². The first-order valence-electron chi connectivity index (χ1n) is 5.99. The lowest BCUT2D eigenvalue weighted by Gasteiger charge is -2.31. The van der Waals surface area contributed by atoms with Gasteiger partial charge in [-0.1, -0.05) is 13.8 Å². The molecule has 0 saturated heterocycles. The highest BCUT2D eigenvalue weighted by Crippen LogP contribution is 2.47. The van der Waals surface area contributed by atoms with Crippen LogP contribution in [0, 0.1) is 5.92 Å². The van der Waals surface area contributed by atoms with Crippen molar-refractivity contribution < 1.29 is 67.3 Å². The molecule has 25 heavy (non-hydrogen) atoms. The van der Waals surface area contributed by atoms with E-state index in [4.69, 9.17) is 0 Å². The van der Waals surface area contributed by atoms with Crippen molar-refractivity contribution in [1.82, 2.24) is 0 Å². The van der Waals surface area contributed by atoms with Crippen molar-refractivity contribution in [2.45, 2.75) is 51.1 Å². The van der Waals surface area contributed by atoms with E-state index in [0.29, 0.717) is 0 Å². The Morgan fingerprint density at radius 1 is 0.800 bits per heavy atom. The Kier molecular flexibility index (Phi) is 6.70. The van der Waals surface area contributed by atoms with Crippen LogP contribution >= 0.6 is 0 Å². The summed E-state index contributed by atoms with van der Waals surface area (Å²) in [6, 6.07) is 0. The molecule has 0 amide bonds. The first-order chi connectivity index (χ1) is 10.8. The minimum absolute atomic E-state index is 0.150. The molecular weight excluding hydrogens is 393 g/mol. The summed E-state index contributed by atoms with van der Waals surface area (Å²) >= 11 is 0. The van der Waals surface area contributed by atoms with Crippen LogP contribution in [0.1, 0.15) is 20.3 Å². The Bertz CT molecular complexity index is 474. The molecule has 150 valence electrons. The molecule has 0 radical (unpaired) electrons. The summed E-state index contributed by atoms with van der Waals surface area (Å²) in [5.41, 5.74) is 0. The van der Waals surface area contributed by atoms with Crippen LogP contribution in [0.15, 0.2) is 0 Å². The normalized spacial score (nSPS) is 15.9. The van der Waals surface area contributed by atoms with E-state index < -0.39 is 42.7 Å². The second-order valence-electron chi connectivity index (χ2n) is 4.45. The number of carbonyl (C=O) groups is 1. The predicted octanol–water partition coefficient (Wildman–Crippen LogP) is 4.50. The Morgan fingerprint density at radius 2 is 1.20 bits per heavy atom. The average molecular weight is 402 g/mol. The van der Waals surface area contributed by atoms with Crippen molar-refractivity contribution in [3.8, 4) is 0 Å².